The maximum absolute atomic E-state index is 11.6. The van der Waals surface area contributed by atoms with Gasteiger partial charge in [0.05, 0.1) is 21.4 Å². The molecular weight excluding hydrogens is 384 g/mol. The molecule has 0 spiro atoms. The molecule has 25 heavy (non-hydrogen) atoms. The minimum atomic E-state index is -3.70. The van der Waals surface area contributed by atoms with E-state index in [-0.39, 0.29) is 21.3 Å². The van der Waals surface area contributed by atoms with E-state index in [1.165, 1.54) is 11.3 Å². The Hall–Kier alpha value is -2.54. The number of nitriles is 1. The highest BCUT2D eigenvalue weighted by atomic mass is 35.5. The maximum Gasteiger partial charge on any atom is 0.247 e. The Morgan fingerprint density at radius 2 is 2.04 bits per heavy atom. The van der Waals surface area contributed by atoms with Crippen molar-refractivity contribution < 1.29 is 13.5 Å². The number of allylic oxidation sites excluding steroid dienone is 1. The average Bonchev–Trinajstić information content (AvgIpc) is 2.98. The van der Waals surface area contributed by atoms with E-state index < -0.39 is 20.8 Å². The van der Waals surface area contributed by atoms with Gasteiger partial charge in [-0.2, -0.15) is 5.26 Å². The number of hydrogen-bond acceptors (Lipinski definition) is 8. The van der Waals surface area contributed by atoms with Gasteiger partial charge in [-0.1, -0.05) is 23.7 Å². The van der Waals surface area contributed by atoms with Crippen LogP contribution in [-0.2, 0) is 9.84 Å². The van der Waals surface area contributed by atoms with Crippen LogP contribution < -0.4 is 0 Å². The molecule has 3 aromatic rings. The highest BCUT2D eigenvalue weighted by Crippen LogP contribution is 2.32. The third-order valence-electron chi connectivity index (χ3n) is 3.13. The van der Waals surface area contributed by atoms with E-state index in [0.29, 0.717) is 5.52 Å². The zero-order chi connectivity index (χ0) is 18.2. The summed E-state index contributed by atoms with van der Waals surface area (Å²) in [7, 11) is -3.70. The standard InChI is InChI=1S/C15H9ClN4O3S2/c1-25(22,23)15-18-7-9(16)12(20-15)13(21)8(6-17)14-19-10-4-2-3-5-11(10)24-14/h2-5,7,21H,1H3/b13-8+. The van der Waals surface area contributed by atoms with E-state index in [4.69, 9.17) is 11.6 Å². The van der Waals surface area contributed by atoms with Crippen molar-refractivity contribution in [1.82, 2.24) is 15.0 Å². The molecule has 0 saturated heterocycles. The van der Waals surface area contributed by atoms with Gasteiger partial charge in [-0.15, -0.1) is 11.3 Å². The topological polar surface area (TPSA) is 117 Å². The van der Waals surface area contributed by atoms with Gasteiger partial charge in [-0.3, -0.25) is 0 Å². The average molecular weight is 393 g/mol. The van der Waals surface area contributed by atoms with Crippen molar-refractivity contribution in [2.24, 2.45) is 0 Å². The lowest BCUT2D eigenvalue weighted by Gasteiger charge is -2.05. The summed E-state index contributed by atoms with van der Waals surface area (Å²) in [6, 6.07) is 9.13. The second-order valence-corrected chi connectivity index (χ2v) is 8.29. The van der Waals surface area contributed by atoms with Crippen LogP contribution in [0.15, 0.2) is 35.6 Å². The number of nitrogens with zero attached hydrogens (tertiary/aromatic N) is 4. The van der Waals surface area contributed by atoms with E-state index in [9.17, 15) is 18.8 Å². The molecule has 1 aromatic carbocycles. The van der Waals surface area contributed by atoms with Crippen LogP contribution in [0.25, 0.3) is 21.5 Å². The van der Waals surface area contributed by atoms with Gasteiger partial charge in [-0.25, -0.2) is 23.4 Å². The third kappa shape index (κ3) is 3.32. The van der Waals surface area contributed by atoms with Crippen LogP contribution in [0.3, 0.4) is 0 Å². The molecule has 0 aliphatic heterocycles. The number of aliphatic hydroxyl groups is 1. The van der Waals surface area contributed by atoms with Gasteiger partial charge < -0.3 is 5.11 Å². The molecule has 0 fully saturated rings. The zero-order valence-electron chi connectivity index (χ0n) is 12.6. The molecule has 0 aliphatic carbocycles. The highest BCUT2D eigenvalue weighted by Gasteiger charge is 2.21. The van der Waals surface area contributed by atoms with E-state index in [1.807, 2.05) is 18.2 Å². The fraction of sp³-hybridized carbons (Fsp3) is 0.0667. The van der Waals surface area contributed by atoms with Gasteiger partial charge in [0, 0.05) is 6.26 Å². The van der Waals surface area contributed by atoms with E-state index in [2.05, 4.69) is 15.0 Å². The first-order valence-electron chi connectivity index (χ1n) is 6.73. The Labute approximate surface area is 151 Å². The molecule has 0 radical (unpaired) electrons. The summed E-state index contributed by atoms with van der Waals surface area (Å²) in [5, 5.41) is 19.6. The molecule has 2 aromatic heterocycles. The maximum atomic E-state index is 11.6. The molecule has 3 rings (SSSR count). The number of fused-ring (bicyclic) bond motifs is 1. The second kappa shape index (κ2) is 6.40. The molecule has 0 aliphatic rings. The largest absolute Gasteiger partial charge is 0.504 e. The quantitative estimate of drug-likeness (QED) is 0.413. The normalized spacial score (nSPS) is 12.7. The molecule has 0 atom stereocenters. The highest BCUT2D eigenvalue weighted by molar-refractivity contribution is 7.90. The Morgan fingerprint density at radius 3 is 2.68 bits per heavy atom. The van der Waals surface area contributed by atoms with Crippen molar-refractivity contribution in [2.45, 2.75) is 5.16 Å². The van der Waals surface area contributed by atoms with Crippen molar-refractivity contribution in [3.63, 3.8) is 0 Å². The van der Waals surface area contributed by atoms with Crippen LogP contribution in [0, 0.1) is 11.3 Å². The molecule has 7 nitrogen and oxygen atoms in total. The first-order valence-corrected chi connectivity index (χ1v) is 9.82. The lowest BCUT2D eigenvalue weighted by molar-refractivity contribution is 0.509. The number of aliphatic hydroxyl groups excluding tert-OH is 1. The molecule has 0 unspecified atom stereocenters. The number of benzene rings is 1. The molecule has 126 valence electrons. The number of thiazole rings is 1. The fourth-order valence-electron chi connectivity index (χ4n) is 2.00. The Morgan fingerprint density at radius 1 is 1.32 bits per heavy atom. The van der Waals surface area contributed by atoms with Crippen LogP contribution in [0.5, 0.6) is 0 Å². The number of hydrogen-bond donors (Lipinski definition) is 1. The first-order chi connectivity index (χ1) is 11.8. The molecule has 0 amide bonds. The second-order valence-electron chi connectivity index (χ2n) is 4.94. The summed E-state index contributed by atoms with van der Waals surface area (Å²) in [6.45, 7) is 0. The lowest BCUT2D eigenvalue weighted by atomic mass is 10.2. The molecule has 0 bridgehead atoms. The van der Waals surface area contributed by atoms with Crippen molar-refractivity contribution in [3.8, 4) is 6.07 Å². The van der Waals surface area contributed by atoms with Gasteiger partial charge in [0.1, 0.15) is 22.3 Å². The smallest absolute Gasteiger partial charge is 0.247 e. The van der Waals surface area contributed by atoms with Crippen molar-refractivity contribution in [1.29, 1.82) is 5.26 Å². The van der Waals surface area contributed by atoms with Crippen molar-refractivity contribution in [3.05, 3.63) is 46.2 Å². The monoisotopic (exact) mass is 392 g/mol. The van der Waals surface area contributed by atoms with Crippen LogP contribution in [0.1, 0.15) is 10.7 Å². The minimum absolute atomic E-state index is 0.0845. The summed E-state index contributed by atoms with van der Waals surface area (Å²) in [4.78, 5) is 11.7. The molecule has 1 N–H and O–H groups in total. The number of para-hydroxylation sites is 1. The Balaban J connectivity index is 2.22. The fourth-order valence-corrected chi connectivity index (χ4v) is 3.64. The molecule has 0 saturated carbocycles. The first kappa shape index (κ1) is 17.3. The van der Waals surface area contributed by atoms with Crippen LogP contribution in [-0.4, -0.2) is 34.7 Å². The van der Waals surface area contributed by atoms with Gasteiger partial charge in [0.25, 0.3) is 0 Å². The Bertz CT molecular complexity index is 1130. The minimum Gasteiger partial charge on any atom is -0.504 e. The number of aromatic nitrogens is 3. The predicted molar refractivity (Wildman–Crippen MR) is 94.8 cm³/mol. The van der Waals surface area contributed by atoms with Gasteiger partial charge in [0.2, 0.25) is 15.0 Å². The number of sulfone groups is 1. The summed E-state index contributed by atoms with van der Waals surface area (Å²) in [5.41, 5.74) is 0.280. The predicted octanol–water partition coefficient (Wildman–Crippen LogP) is 3.09. The number of halogens is 1. The van der Waals surface area contributed by atoms with Crippen LogP contribution in [0.2, 0.25) is 5.02 Å². The van der Waals surface area contributed by atoms with E-state index in [1.54, 1.807) is 12.1 Å². The van der Waals surface area contributed by atoms with E-state index in [0.717, 1.165) is 17.2 Å². The van der Waals surface area contributed by atoms with Gasteiger partial charge in [0.15, 0.2) is 5.76 Å². The zero-order valence-corrected chi connectivity index (χ0v) is 15.0. The molecular formula is C15H9ClN4O3S2. The van der Waals surface area contributed by atoms with Crippen molar-refractivity contribution >= 4 is 54.3 Å². The van der Waals surface area contributed by atoms with Gasteiger partial charge >= 0.3 is 0 Å². The summed E-state index contributed by atoms with van der Waals surface area (Å²) >= 11 is 7.18. The van der Waals surface area contributed by atoms with E-state index >= 15 is 0 Å². The summed E-state index contributed by atoms with van der Waals surface area (Å²) in [5.74, 6) is -0.557. The summed E-state index contributed by atoms with van der Waals surface area (Å²) in [6.07, 6.45) is 1.99. The van der Waals surface area contributed by atoms with Gasteiger partial charge in [-0.05, 0) is 12.1 Å². The number of rotatable bonds is 3. The van der Waals surface area contributed by atoms with Crippen LogP contribution >= 0.6 is 22.9 Å². The molecule has 10 heteroatoms. The molecule has 2 heterocycles. The summed E-state index contributed by atoms with van der Waals surface area (Å²) < 4.78 is 24.0. The lowest BCUT2D eigenvalue weighted by Crippen LogP contribution is -2.07. The third-order valence-corrected chi connectivity index (χ3v) is 5.32. The van der Waals surface area contributed by atoms with Crippen molar-refractivity contribution in [2.75, 3.05) is 6.26 Å². The van der Waals surface area contributed by atoms with Crippen LogP contribution in [0.4, 0.5) is 0 Å². The Kier molecular flexibility index (Phi) is 4.43. The SMILES string of the molecule is CS(=O)(=O)c1ncc(Cl)c(/C(O)=C(/C#N)c2nc3ccccc3s2)n1.